The van der Waals surface area contributed by atoms with Gasteiger partial charge in [-0.3, -0.25) is 0 Å². The van der Waals surface area contributed by atoms with E-state index in [9.17, 15) is 21.2 Å². The van der Waals surface area contributed by atoms with Crippen LogP contribution < -0.4 is 116 Å². The largest absolute Gasteiger partial charge is 1.00 e. The van der Waals surface area contributed by atoms with Gasteiger partial charge in [0.2, 0.25) is 0 Å². The average molecular weight is 485 g/mol. The minimum Gasteiger partial charge on any atom is 1.00 e. The molecule has 0 aromatic carbocycles. The van der Waals surface area contributed by atoms with Crippen molar-refractivity contribution in [3.05, 3.63) is 0 Å². The van der Waals surface area contributed by atoms with Crippen LogP contribution in [0.15, 0.2) is 0 Å². The first-order chi connectivity index (χ1) is 2.65. The van der Waals surface area contributed by atoms with E-state index in [1.807, 2.05) is 0 Å². The Hall–Kier alpha value is 3.86. The molecule has 10 heteroatoms. The van der Waals surface area contributed by atoms with Gasteiger partial charge >= 0.3 is 155 Å². The Morgan fingerprint density at radius 2 is 0.500 bits per heavy atom. The van der Waals surface area contributed by atoms with Crippen LogP contribution in [0.2, 0.25) is 0 Å². The quantitative estimate of drug-likeness (QED) is 0.321. The molecule has 0 saturated heterocycles. The van der Waals surface area contributed by atoms with Crippen LogP contribution in [0.25, 0.3) is 0 Å². The summed E-state index contributed by atoms with van der Waals surface area (Å²) < 4.78 is 69.6. The third kappa shape index (κ3) is 93.9. The summed E-state index contributed by atoms with van der Waals surface area (Å²) in [6.07, 6.45) is 0. The number of halogens is 7. The normalized spacial score (nSPS) is 21.7. The van der Waals surface area contributed by atoms with Gasteiger partial charge in [-0.25, -0.2) is 0 Å². The zero-order valence-corrected chi connectivity index (χ0v) is 18.1. The van der Waals surface area contributed by atoms with Crippen molar-refractivity contribution in [3.63, 3.8) is 0 Å². The standard InChI is InChI=1S/7FH.2Rb.Ta/h7*1H;;;/q;;;;;;;2*+1;+5/p-7. The van der Waals surface area contributed by atoms with E-state index in [-0.39, 0.29) is 116 Å². The molecule has 0 aliphatic rings. The average Bonchev–Trinajstić information content (AvgIpc) is 0.544. The summed E-state index contributed by atoms with van der Waals surface area (Å²) in [5.74, 6) is 0. The molecule has 0 radical (unpaired) electrons. The summed E-state index contributed by atoms with van der Waals surface area (Å²) >= 11 is -13.4. The summed E-state index contributed by atoms with van der Waals surface area (Å²) in [4.78, 5) is 0. The van der Waals surface area contributed by atoms with Gasteiger partial charge in [0.05, 0.1) is 0 Å². The van der Waals surface area contributed by atoms with Crippen LogP contribution in [0, 0.1) is 0 Å². The minimum absolute atomic E-state index is 0. The molecule has 56 valence electrons. The molecule has 0 saturated carbocycles. The van der Waals surface area contributed by atoms with Crippen molar-refractivity contribution >= 4 is 0 Å². The molecular formula is F7Rb2Ta. The molecule has 0 atom stereocenters. The first-order valence-electron chi connectivity index (χ1n) is 1.18. The maximum absolute atomic E-state index is 13.4. The summed E-state index contributed by atoms with van der Waals surface area (Å²) in [7, 11) is 0. The maximum Gasteiger partial charge on any atom is 1.00 e. The molecule has 0 aliphatic carbocycles. The van der Waals surface area contributed by atoms with Crippen molar-refractivity contribution in [2.75, 3.05) is 0 Å². The molecule has 0 unspecified atom stereocenters. The van der Waals surface area contributed by atoms with Crippen molar-refractivity contribution in [1.29, 1.82) is 0 Å². The molecule has 0 fully saturated rings. The van der Waals surface area contributed by atoms with Crippen LogP contribution in [0.5, 0.6) is 0 Å². The van der Waals surface area contributed by atoms with E-state index in [0.29, 0.717) is 0 Å². The third-order valence-electron chi connectivity index (χ3n) is 0. The van der Waals surface area contributed by atoms with E-state index >= 15 is 0 Å². The molecule has 0 aliphatic heterocycles. The van der Waals surface area contributed by atoms with Gasteiger partial charge in [-0.05, 0) is 0 Å². The van der Waals surface area contributed by atoms with Crippen molar-refractivity contribution in [1.82, 2.24) is 0 Å². The van der Waals surface area contributed by atoms with Gasteiger partial charge in [0.25, 0.3) is 0 Å². The Balaban J connectivity index is -0.000000245. The van der Waals surface area contributed by atoms with Crippen LogP contribution in [0.3, 0.4) is 0 Å². The molecule has 0 rings (SSSR count). The van der Waals surface area contributed by atoms with Crippen LogP contribution >= 0.6 is 0 Å². The second kappa shape index (κ2) is 2.93. The topological polar surface area (TPSA) is 0 Å². The predicted octanol–water partition coefficient (Wildman–Crippen LogP) is -3.05. The van der Waals surface area contributed by atoms with Crippen LogP contribution in [0.4, 0.5) is 21.2 Å². The summed E-state index contributed by atoms with van der Waals surface area (Å²) in [5.41, 5.74) is 0. The SMILES string of the molecule is [F][Ta-2]([F])([F])([F])([F])([F])[F].[Rb+].[Rb+]. The summed E-state index contributed by atoms with van der Waals surface area (Å²) in [6.45, 7) is 0. The number of hydrogen-bond acceptors (Lipinski definition) is 0. The van der Waals surface area contributed by atoms with Crippen molar-refractivity contribution in [3.8, 4) is 0 Å². The molecule has 0 aromatic heterocycles. The van der Waals surface area contributed by atoms with Crippen molar-refractivity contribution in [2.45, 2.75) is 0 Å². The Labute approximate surface area is 150 Å². The maximum atomic E-state index is 9.94. The zero-order chi connectivity index (χ0) is 7.38. The van der Waals surface area contributed by atoms with Gasteiger partial charge in [0.15, 0.2) is 0 Å². The molecule has 0 N–H and O–H groups in total. The molecule has 0 bridgehead atoms. The second-order valence-corrected chi connectivity index (χ2v) is 11.0. The van der Waals surface area contributed by atoms with Gasteiger partial charge in [-0.2, -0.15) is 0 Å². The minimum atomic E-state index is -13.4. The van der Waals surface area contributed by atoms with E-state index in [1.165, 1.54) is 0 Å². The van der Waals surface area contributed by atoms with E-state index < -0.39 is 17.0 Å². The number of rotatable bonds is 0. The summed E-state index contributed by atoms with van der Waals surface area (Å²) in [6, 6.07) is 0. The molecule has 0 aromatic rings. The van der Waals surface area contributed by atoms with E-state index in [1.54, 1.807) is 0 Å². The summed E-state index contributed by atoms with van der Waals surface area (Å²) in [5, 5.41) is 0. The molecule has 0 amide bonds. The fraction of sp³-hybridized carbons (Fsp3) is 0. The molecule has 0 spiro atoms. The second-order valence-electron chi connectivity index (χ2n) is 1.34. The van der Waals surface area contributed by atoms with Gasteiger partial charge in [-0.15, -0.1) is 0 Å². The zero-order valence-electron chi connectivity index (χ0n) is 5.09. The molecular weight excluding hydrogens is 485 g/mol. The van der Waals surface area contributed by atoms with E-state index in [2.05, 4.69) is 0 Å². The fourth-order valence-corrected chi connectivity index (χ4v) is 0. The molecule has 0 nitrogen and oxygen atoms in total. The monoisotopic (exact) mass is 484 g/mol. The van der Waals surface area contributed by atoms with Gasteiger partial charge < -0.3 is 0 Å². The predicted molar refractivity (Wildman–Crippen MR) is 7.76 cm³/mol. The Kier molecular flexibility index (Phi) is 5.69. The fourth-order valence-electron chi connectivity index (χ4n) is 0. The first-order valence-corrected chi connectivity index (χ1v) is 9.69. The van der Waals surface area contributed by atoms with Crippen molar-refractivity contribution < 1.29 is 155 Å². The van der Waals surface area contributed by atoms with E-state index in [0.717, 1.165) is 0 Å². The van der Waals surface area contributed by atoms with Gasteiger partial charge in [0, 0.05) is 0 Å². The molecule has 10 heavy (non-hydrogen) atoms. The van der Waals surface area contributed by atoms with Crippen LogP contribution in [0.1, 0.15) is 0 Å². The first kappa shape index (κ1) is 19.4. The Bertz CT molecular complexity index is 104. The third-order valence-corrected chi connectivity index (χ3v) is 0. The van der Waals surface area contributed by atoms with Gasteiger partial charge in [0.1, 0.15) is 0 Å². The number of hydrogen-bond donors (Lipinski definition) is 0. The Morgan fingerprint density at radius 3 is 0.500 bits per heavy atom. The smallest absolute Gasteiger partial charge is 1.00 e. The van der Waals surface area contributed by atoms with Crippen LogP contribution in [-0.4, -0.2) is 0 Å². The van der Waals surface area contributed by atoms with Crippen LogP contribution in [-0.2, 0) is 17.0 Å². The Morgan fingerprint density at radius 1 is 0.500 bits per heavy atom. The molecule has 0 heterocycles. The van der Waals surface area contributed by atoms with E-state index in [4.69, 9.17) is 0 Å². The van der Waals surface area contributed by atoms with Crippen molar-refractivity contribution in [2.24, 2.45) is 0 Å². The van der Waals surface area contributed by atoms with Gasteiger partial charge in [-0.1, -0.05) is 0 Å².